The van der Waals surface area contributed by atoms with Gasteiger partial charge in [0.15, 0.2) is 6.61 Å². The van der Waals surface area contributed by atoms with E-state index in [1.165, 1.54) is 24.9 Å². The number of hydrogen-bond acceptors (Lipinski definition) is 5. The summed E-state index contributed by atoms with van der Waals surface area (Å²) in [6, 6.07) is 15.3. The molecule has 0 radical (unpaired) electrons. The Balaban J connectivity index is 1.38. The van der Waals surface area contributed by atoms with Gasteiger partial charge in [0.2, 0.25) is 0 Å². The average molecular weight is 396 g/mol. The molecule has 6 nitrogen and oxygen atoms in total. The van der Waals surface area contributed by atoms with Crippen LogP contribution in [0.5, 0.6) is 5.75 Å². The van der Waals surface area contributed by atoms with Gasteiger partial charge in [-0.2, -0.15) is 0 Å². The van der Waals surface area contributed by atoms with Gasteiger partial charge >= 0.3 is 5.97 Å². The van der Waals surface area contributed by atoms with Crippen LogP contribution in [0.15, 0.2) is 48.5 Å². The predicted molar refractivity (Wildman–Crippen MR) is 113 cm³/mol. The number of methoxy groups -OCH3 is 1. The molecule has 154 valence electrons. The van der Waals surface area contributed by atoms with Crippen LogP contribution < -0.4 is 15.0 Å². The second-order valence-electron chi connectivity index (χ2n) is 7.15. The first kappa shape index (κ1) is 20.7. The third kappa shape index (κ3) is 6.52. The number of ether oxygens (including phenoxy) is 2. The van der Waals surface area contributed by atoms with Crippen molar-refractivity contribution in [1.82, 2.24) is 0 Å². The number of carbonyl (C=O) groups excluding carboxylic acids is 2. The van der Waals surface area contributed by atoms with E-state index in [0.717, 1.165) is 24.4 Å². The number of rotatable bonds is 8. The average Bonchev–Trinajstić information content (AvgIpc) is 2.78. The molecule has 1 fully saturated rings. The van der Waals surface area contributed by atoms with E-state index in [1.807, 2.05) is 48.5 Å². The van der Waals surface area contributed by atoms with Gasteiger partial charge in [0.1, 0.15) is 5.75 Å². The molecule has 0 unspecified atom stereocenters. The molecule has 0 spiro atoms. The fourth-order valence-corrected chi connectivity index (χ4v) is 3.36. The maximum Gasteiger partial charge on any atom is 0.306 e. The van der Waals surface area contributed by atoms with Crippen molar-refractivity contribution in [3.63, 3.8) is 0 Å². The molecule has 1 aliphatic rings. The van der Waals surface area contributed by atoms with Crippen molar-refractivity contribution < 1.29 is 19.1 Å². The summed E-state index contributed by atoms with van der Waals surface area (Å²) in [5.41, 5.74) is 2.89. The molecule has 0 saturated carbocycles. The maximum atomic E-state index is 12.0. The highest BCUT2D eigenvalue weighted by Crippen LogP contribution is 2.21. The lowest BCUT2D eigenvalue weighted by molar-refractivity contribution is -0.147. The number of benzene rings is 2. The molecular weight excluding hydrogens is 368 g/mol. The van der Waals surface area contributed by atoms with Gasteiger partial charge in [-0.15, -0.1) is 0 Å². The molecule has 1 saturated heterocycles. The number of piperidine rings is 1. The topological polar surface area (TPSA) is 67.9 Å². The van der Waals surface area contributed by atoms with Crippen molar-refractivity contribution in [2.24, 2.45) is 0 Å². The van der Waals surface area contributed by atoms with Crippen molar-refractivity contribution in [2.75, 3.05) is 37.0 Å². The third-order valence-electron chi connectivity index (χ3n) is 5.01. The Morgan fingerprint density at radius 1 is 0.966 bits per heavy atom. The van der Waals surface area contributed by atoms with Crippen LogP contribution in [0.4, 0.5) is 11.4 Å². The molecule has 1 N–H and O–H groups in total. The van der Waals surface area contributed by atoms with Gasteiger partial charge in [-0.05, 0) is 67.6 Å². The molecule has 3 rings (SSSR count). The Bertz CT molecular complexity index is 797. The molecule has 29 heavy (non-hydrogen) atoms. The van der Waals surface area contributed by atoms with Crippen molar-refractivity contribution in [1.29, 1.82) is 0 Å². The Morgan fingerprint density at radius 3 is 2.31 bits per heavy atom. The monoisotopic (exact) mass is 396 g/mol. The molecule has 0 atom stereocenters. The summed E-state index contributed by atoms with van der Waals surface area (Å²) in [6.07, 6.45) is 4.53. The van der Waals surface area contributed by atoms with Gasteiger partial charge in [-0.25, -0.2) is 0 Å². The van der Waals surface area contributed by atoms with Crippen LogP contribution in [-0.2, 0) is 20.7 Å². The van der Waals surface area contributed by atoms with Crippen molar-refractivity contribution in [3.8, 4) is 5.75 Å². The number of nitrogens with one attached hydrogen (secondary N) is 1. The zero-order chi connectivity index (χ0) is 20.5. The zero-order valence-corrected chi connectivity index (χ0v) is 16.9. The van der Waals surface area contributed by atoms with Crippen LogP contribution in [-0.4, -0.2) is 38.7 Å². The van der Waals surface area contributed by atoms with Crippen LogP contribution in [0.1, 0.15) is 31.2 Å². The summed E-state index contributed by atoms with van der Waals surface area (Å²) in [5, 5.41) is 2.77. The first-order valence-electron chi connectivity index (χ1n) is 10.1. The third-order valence-corrected chi connectivity index (χ3v) is 5.01. The summed E-state index contributed by atoms with van der Waals surface area (Å²) in [7, 11) is 1.61. The van der Waals surface area contributed by atoms with Crippen molar-refractivity contribution in [2.45, 2.75) is 32.1 Å². The molecular formula is C23H28N2O4. The zero-order valence-electron chi connectivity index (χ0n) is 16.9. The summed E-state index contributed by atoms with van der Waals surface area (Å²) in [5.74, 6) is 0.0434. The Hall–Kier alpha value is -3.02. The standard InChI is InChI=1S/C23H28N2O4/c1-28-21-12-5-18(6-13-21)7-14-23(27)29-17-22(26)24-19-8-10-20(11-9-19)25-15-3-2-4-16-25/h5-6,8-13H,2-4,7,14-17H2,1H3,(H,24,26). The van der Waals surface area contributed by atoms with Gasteiger partial charge < -0.3 is 19.7 Å². The van der Waals surface area contributed by atoms with Gasteiger partial charge in [-0.3, -0.25) is 9.59 Å². The quantitative estimate of drug-likeness (QED) is 0.688. The number of aryl methyl sites for hydroxylation is 1. The fraction of sp³-hybridized carbons (Fsp3) is 0.391. The minimum Gasteiger partial charge on any atom is -0.497 e. The minimum absolute atomic E-state index is 0.226. The van der Waals surface area contributed by atoms with E-state index in [-0.39, 0.29) is 18.9 Å². The molecule has 2 aromatic carbocycles. The molecule has 1 aliphatic heterocycles. The lowest BCUT2D eigenvalue weighted by atomic mass is 10.1. The molecule has 0 aromatic heterocycles. The number of anilines is 2. The van der Waals surface area contributed by atoms with Crippen LogP contribution in [0.3, 0.4) is 0 Å². The SMILES string of the molecule is COc1ccc(CCC(=O)OCC(=O)Nc2ccc(N3CCCCC3)cc2)cc1. The smallest absolute Gasteiger partial charge is 0.306 e. The van der Waals surface area contributed by atoms with Crippen LogP contribution in [0, 0.1) is 0 Å². The van der Waals surface area contributed by atoms with E-state index < -0.39 is 5.97 Å². The molecule has 2 aromatic rings. The van der Waals surface area contributed by atoms with E-state index >= 15 is 0 Å². The number of hydrogen-bond donors (Lipinski definition) is 1. The first-order chi connectivity index (χ1) is 14.1. The lowest BCUT2D eigenvalue weighted by Gasteiger charge is -2.28. The highest BCUT2D eigenvalue weighted by molar-refractivity contribution is 5.92. The molecule has 0 aliphatic carbocycles. The Kier molecular flexibility index (Phi) is 7.50. The van der Waals surface area contributed by atoms with E-state index in [4.69, 9.17) is 9.47 Å². The number of nitrogens with zero attached hydrogens (tertiary/aromatic N) is 1. The number of amides is 1. The lowest BCUT2D eigenvalue weighted by Crippen LogP contribution is -2.29. The van der Waals surface area contributed by atoms with Crippen molar-refractivity contribution in [3.05, 3.63) is 54.1 Å². The molecule has 1 amide bonds. The van der Waals surface area contributed by atoms with Crippen LogP contribution in [0.2, 0.25) is 0 Å². The van der Waals surface area contributed by atoms with Crippen LogP contribution >= 0.6 is 0 Å². The molecule has 0 bridgehead atoms. The Morgan fingerprint density at radius 2 is 1.66 bits per heavy atom. The predicted octanol–water partition coefficient (Wildman–Crippen LogP) is 3.80. The number of carbonyl (C=O) groups is 2. The minimum atomic E-state index is -0.392. The van der Waals surface area contributed by atoms with E-state index in [2.05, 4.69) is 10.2 Å². The van der Waals surface area contributed by atoms with Gasteiger partial charge in [-0.1, -0.05) is 12.1 Å². The first-order valence-corrected chi connectivity index (χ1v) is 10.1. The number of esters is 1. The van der Waals surface area contributed by atoms with E-state index in [9.17, 15) is 9.59 Å². The maximum absolute atomic E-state index is 12.0. The Labute approximate surface area is 171 Å². The highest BCUT2D eigenvalue weighted by Gasteiger charge is 2.12. The van der Waals surface area contributed by atoms with Gasteiger partial charge in [0.25, 0.3) is 5.91 Å². The van der Waals surface area contributed by atoms with E-state index in [1.54, 1.807) is 7.11 Å². The summed E-state index contributed by atoms with van der Waals surface area (Å²) < 4.78 is 10.2. The molecule has 1 heterocycles. The largest absolute Gasteiger partial charge is 0.497 e. The van der Waals surface area contributed by atoms with Gasteiger partial charge in [0.05, 0.1) is 7.11 Å². The molecule has 6 heteroatoms. The highest BCUT2D eigenvalue weighted by atomic mass is 16.5. The van der Waals surface area contributed by atoms with Gasteiger partial charge in [0, 0.05) is 30.9 Å². The second kappa shape index (κ2) is 10.5. The summed E-state index contributed by atoms with van der Waals surface area (Å²) in [6.45, 7) is 1.88. The normalized spacial score (nSPS) is 13.6. The summed E-state index contributed by atoms with van der Waals surface area (Å²) >= 11 is 0. The van der Waals surface area contributed by atoms with E-state index in [0.29, 0.717) is 12.1 Å². The summed E-state index contributed by atoms with van der Waals surface area (Å²) in [4.78, 5) is 26.3. The van der Waals surface area contributed by atoms with Crippen molar-refractivity contribution >= 4 is 23.3 Å². The fourth-order valence-electron chi connectivity index (χ4n) is 3.36. The van der Waals surface area contributed by atoms with Crippen LogP contribution in [0.25, 0.3) is 0 Å². The second-order valence-corrected chi connectivity index (χ2v) is 7.15.